The van der Waals surface area contributed by atoms with Crippen LogP contribution < -0.4 is 5.43 Å². The lowest BCUT2D eigenvalue weighted by Gasteiger charge is -1.94. The van der Waals surface area contributed by atoms with E-state index in [1.807, 2.05) is 0 Å². The Balaban J connectivity index is 1.76. The molecular formula is C14H10N4O3S. The summed E-state index contributed by atoms with van der Waals surface area (Å²) in [7, 11) is 0. The summed E-state index contributed by atoms with van der Waals surface area (Å²) in [5.41, 5.74) is 4.33. The zero-order valence-electron chi connectivity index (χ0n) is 11.1. The van der Waals surface area contributed by atoms with Gasteiger partial charge in [0.1, 0.15) is 5.75 Å². The second kappa shape index (κ2) is 5.78. The molecule has 3 aromatic rings. The fourth-order valence-corrected chi connectivity index (χ4v) is 2.65. The molecule has 0 bridgehead atoms. The summed E-state index contributed by atoms with van der Waals surface area (Å²) < 4.78 is 0.719. The van der Waals surface area contributed by atoms with E-state index in [2.05, 4.69) is 15.5 Å². The van der Waals surface area contributed by atoms with Gasteiger partial charge in [0, 0.05) is 12.1 Å². The highest BCUT2D eigenvalue weighted by atomic mass is 32.1. The number of aromatic hydroxyl groups is 1. The molecule has 22 heavy (non-hydrogen) atoms. The smallest absolute Gasteiger partial charge is 0.270 e. The molecule has 0 aliphatic heterocycles. The summed E-state index contributed by atoms with van der Waals surface area (Å²) in [5, 5.41) is 24.5. The van der Waals surface area contributed by atoms with Crippen molar-refractivity contribution in [1.82, 2.24) is 4.98 Å². The molecular weight excluding hydrogens is 304 g/mol. The number of nitro groups is 1. The van der Waals surface area contributed by atoms with Gasteiger partial charge in [-0.1, -0.05) is 11.3 Å². The molecule has 0 fully saturated rings. The Kier molecular flexibility index (Phi) is 3.67. The summed E-state index contributed by atoms with van der Waals surface area (Å²) in [4.78, 5) is 14.6. The van der Waals surface area contributed by atoms with E-state index in [1.165, 1.54) is 23.5 Å². The first-order chi connectivity index (χ1) is 10.6. The maximum atomic E-state index is 10.7. The normalized spacial score (nSPS) is 11.1. The molecule has 0 aliphatic rings. The monoisotopic (exact) mass is 314 g/mol. The van der Waals surface area contributed by atoms with Crippen molar-refractivity contribution >= 4 is 38.6 Å². The summed E-state index contributed by atoms with van der Waals surface area (Å²) in [6.07, 6.45) is 1.59. The Morgan fingerprint density at radius 1 is 1.27 bits per heavy atom. The molecule has 0 saturated heterocycles. The molecule has 2 N–H and O–H groups in total. The Hall–Kier alpha value is -3.00. The van der Waals surface area contributed by atoms with Crippen LogP contribution in [0.3, 0.4) is 0 Å². The van der Waals surface area contributed by atoms with Crippen LogP contribution >= 0.6 is 11.3 Å². The highest BCUT2D eigenvalue weighted by Gasteiger charge is 2.09. The third-order valence-electron chi connectivity index (χ3n) is 2.85. The van der Waals surface area contributed by atoms with Crippen molar-refractivity contribution in [3.63, 3.8) is 0 Å². The third-order valence-corrected chi connectivity index (χ3v) is 3.77. The lowest BCUT2D eigenvalue weighted by Crippen LogP contribution is -1.89. The van der Waals surface area contributed by atoms with Crippen molar-refractivity contribution in [3.8, 4) is 5.75 Å². The predicted octanol–water partition coefficient (Wildman–Crippen LogP) is 3.36. The van der Waals surface area contributed by atoms with Gasteiger partial charge in [-0.15, -0.1) is 0 Å². The zero-order valence-corrected chi connectivity index (χ0v) is 11.9. The topological polar surface area (TPSA) is 101 Å². The number of nitro benzene ring substituents is 1. The van der Waals surface area contributed by atoms with Gasteiger partial charge in [0.05, 0.1) is 21.4 Å². The minimum atomic E-state index is -0.435. The fourth-order valence-electron chi connectivity index (χ4n) is 1.80. The van der Waals surface area contributed by atoms with E-state index in [0.29, 0.717) is 10.6 Å². The van der Waals surface area contributed by atoms with E-state index < -0.39 is 4.92 Å². The molecule has 1 aromatic heterocycles. The number of phenols is 1. The van der Waals surface area contributed by atoms with Crippen molar-refractivity contribution in [3.05, 3.63) is 58.1 Å². The Morgan fingerprint density at radius 2 is 2.05 bits per heavy atom. The number of hydrogen-bond acceptors (Lipinski definition) is 7. The molecule has 0 atom stereocenters. The standard InChI is InChI=1S/C14H10N4O3S/c19-11-4-1-9(2-5-11)8-15-17-14-16-12-6-3-10(18(20)21)7-13(12)22-14/h1-8,19H,(H,16,17)/b15-8-. The van der Waals surface area contributed by atoms with Crippen LogP contribution in [0.1, 0.15) is 5.56 Å². The van der Waals surface area contributed by atoms with Crippen LogP contribution in [0.25, 0.3) is 10.2 Å². The zero-order chi connectivity index (χ0) is 15.5. The highest BCUT2D eigenvalue weighted by Crippen LogP contribution is 2.29. The fraction of sp³-hybridized carbons (Fsp3) is 0. The van der Waals surface area contributed by atoms with Gasteiger partial charge in [-0.25, -0.2) is 4.98 Å². The summed E-state index contributed by atoms with van der Waals surface area (Å²) in [5.74, 6) is 0.192. The van der Waals surface area contributed by atoms with E-state index in [1.54, 1.807) is 36.5 Å². The second-order valence-electron chi connectivity index (χ2n) is 4.39. The predicted molar refractivity (Wildman–Crippen MR) is 85.6 cm³/mol. The van der Waals surface area contributed by atoms with Crippen molar-refractivity contribution in [2.45, 2.75) is 0 Å². The number of phenolic OH excluding ortho intramolecular Hbond substituents is 1. The number of hydrogen-bond donors (Lipinski definition) is 2. The van der Waals surface area contributed by atoms with E-state index in [-0.39, 0.29) is 11.4 Å². The van der Waals surface area contributed by atoms with Crippen molar-refractivity contribution in [2.24, 2.45) is 5.10 Å². The lowest BCUT2D eigenvalue weighted by molar-refractivity contribution is -0.384. The number of aromatic nitrogens is 1. The SMILES string of the molecule is O=[N+]([O-])c1ccc2nc(N/N=C\c3ccc(O)cc3)sc2c1. The third kappa shape index (κ3) is 3.01. The number of fused-ring (bicyclic) bond motifs is 1. The number of hydrazone groups is 1. The average molecular weight is 314 g/mol. The maximum absolute atomic E-state index is 10.7. The molecule has 110 valence electrons. The van der Waals surface area contributed by atoms with Gasteiger partial charge in [0.2, 0.25) is 5.13 Å². The van der Waals surface area contributed by atoms with Crippen LogP contribution in [-0.2, 0) is 0 Å². The number of benzene rings is 2. The van der Waals surface area contributed by atoms with E-state index in [9.17, 15) is 15.2 Å². The van der Waals surface area contributed by atoms with Crippen LogP contribution in [-0.4, -0.2) is 21.2 Å². The number of rotatable bonds is 4. The molecule has 3 rings (SSSR count). The van der Waals surface area contributed by atoms with Crippen molar-refractivity contribution in [2.75, 3.05) is 5.43 Å². The van der Waals surface area contributed by atoms with Crippen molar-refractivity contribution < 1.29 is 10.0 Å². The molecule has 0 radical (unpaired) electrons. The van der Waals surface area contributed by atoms with Gasteiger partial charge < -0.3 is 5.11 Å². The molecule has 8 heteroatoms. The van der Waals surface area contributed by atoms with Gasteiger partial charge in [-0.05, 0) is 35.9 Å². The first kappa shape index (κ1) is 14.0. The number of nitrogens with one attached hydrogen (secondary N) is 1. The van der Waals surface area contributed by atoms with Crippen LogP contribution in [0.5, 0.6) is 5.75 Å². The van der Waals surface area contributed by atoms with Gasteiger partial charge in [-0.2, -0.15) is 5.10 Å². The summed E-state index contributed by atoms with van der Waals surface area (Å²) in [6, 6.07) is 11.1. The van der Waals surface area contributed by atoms with Gasteiger partial charge in [-0.3, -0.25) is 15.5 Å². The minimum absolute atomic E-state index is 0.0373. The lowest BCUT2D eigenvalue weighted by atomic mass is 10.2. The highest BCUT2D eigenvalue weighted by molar-refractivity contribution is 7.22. The molecule has 7 nitrogen and oxygen atoms in total. The Bertz CT molecular complexity index is 858. The van der Waals surface area contributed by atoms with Crippen molar-refractivity contribution in [1.29, 1.82) is 0 Å². The quantitative estimate of drug-likeness (QED) is 0.437. The van der Waals surface area contributed by atoms with E-state index in [4.69, 9.17) is 0 Å². The number of thiazole rings is 1. The Morgan fingerprint density at radius 3 is 2.77 bits per heavy atom. The molecule has 0 unspecified atom stereocenters. The van der Waals surface area contributed by atoms with Crippen LogP contribution in [0.2, 0.25) is 0 Å². The first-order valence-electron chi connectivity index (χ1n) is 6.25. The first-order valence-corrected chi connectivity index (χ1v) is 7.06. The molecule has 0 amide bonds. The molecule has 0 spiro atoms. The van der Waals surface area contributed by atoms with E-state index in [0.717, 1.165) is 10.3 Å². The molecule has 1 heterocycles. The van der Waals surface area contributed by atoms with Gasteiger partial charge in [0.25, 0.3) is 5.69 Å². The molecule has 2 aromatic carbocycles. The van der Waals surface area contributed by atoms with Gasteiger partial charge >= 0.3 is 0 Å². The number of anilines is 1. The number of non-ortho nitro benzene ring substituents is 1. The summed E-state index contributed by atoms with van der Waals surface area (Å²) in [6.45, 7) is 0. The second-order valence-corrected chi connectivity index (χ2v) is 5.42. The Labute approximate surface area is 128 Å². The maximum Gasteiger partial charge on any atom is 0.270 e. The largest absolute Gasteiger partial charge is 0.508 e. The van der Waals surface area contributed by atoms with Gasteiger partial charge in [0.15, 0.2) is 0 Å². The van der Waals surface area contributed by atoms with Crippen LogP contribution in [0.15, 0.2) is 47.6 Å². The number of nitrogens with zero attached hydrogens (tertiary/aromatic N) is 3. The van der Waals surface area contributed by atoms with E-state index >= 15 is 0 Å². The van der Waals surface area contributed by atoms with Crippen LogP contribution in [0.4, 0.5) is 10.8 Å². The van der Waals surface area contributed by atoms with Crippen LogP contribution in [0, 0.1) is 10.1 Å². The molecule has 0 saturated carbocycles. The minimum Gasteiger partial charge on any atom is -0.508 e. The molecule has 0 aliphatic carbocycles. The summed E-state index contributed by atoms with van der Waals surface area (Å²) >= 11 is 1.29. The average Bonchev–Trinajstić information content (AvgIpc) is 2.91.